The molecule has 0 bridgehead atoms. The number of hydrogen-bond acceptors (Lipinski definition) is 3. The molecule has 0 aliphatic heterocycles. The lowest BCUT2D eigenvalue weighted by molar-refractivity contribution is 0.0692. The quantitative estimate of drug-likeness (QED) is 0.919. The maximum absolute atomic E-state index is 14.0. The van der Waals surface area contributed by atoms with Crippen LogP contribution in [0.5, 0.6) is 11.5 Å². The molecule has 116 valence electrons. The third-order valence-corrected chi connectivity index (χ3v) is 3.40. The number of carboxylic acids is 1. The van der Waals surface area contributed by atoms with E-state index in [1.807, 2.05) is 6.92 Å². The third-order valence-electron chi connectivity index (χ3n) is 3.40. The highest BCUT2D eigenvalue weighted by molar-refractivity contribution is 5.93. The van der Waals surface area contributed by atoms with E-state index >= 15 is 0 Å². The molecule has 0 atom stereocenters. The second-order valence-electron chi connectivity index (χ2n) is 4.94. The molecule has 22 heavy (non-hydrogen) atoms. The highest BCUT2D eigenvalue weighted by atomic mass is 19.1. The molecule has 2 rings (SSSR count). The fraction of sp³-hybridized carbons (Fsp3) is 0.235. The van der Waals surface area contributed by atoms with Crippen LogP contribution in [0.15, 0.2) is 30.3 Å². The van der Waals surface area contributed by atoms with Gasteiger partial charge in [-0.3, -0.25) is 0 Å². The molecule has 2 aromatic rings. The zero-order valence-corrected chi connectivity index (χ0v) is 12.6. The zero-order valence-electron chi connectivity index (χ0n) is 12.6. The normalized spacial score (nSPS) is 10.4. The molecule has 0 saturated heterocycles. The van der Waals surface area contributed by atoms with Crippen LogP contribution in [0, 0.1) is 12.7 Å². The summed E-state index contributed by atoms with van der Waals surface area (Å²) in [5, 5.41) is 9.42. The monoisotopic (exact) mass is 304 g/mol. The Morgan fingerprint density at radius 3 is 2.45 bits per heavy atom. The molecule has 0 unspecified atom stereocenters. The fourth-order valence-corrected chi connectivity index (χ4v) is 2.39. The van der Waals surface area contributed by atoms with Crippen molar-refractivity contribution in [1.29, 1.82) is 0 Å². The van der Waals surface area contributed by atoms with E-state index in [4.69, 9.17) is 9.47 Å². The molecule has 0 spiro atoms. The maximum Gasteiger partial charge on any atom is 0.339 e. The van der Waals surface area contributed by atoms with Gasteiger partial charge in [-0.1, -0.05) is 6.07 Å². The fourth-order valence-electron chi connectivity index (χ4n) is 2.39. The topological polar surface area (TPSA) is 55.8 Å². The molecule has 0 aliphatic rings. The summed E-state index contributed by atoms with van der Waals surface area (Å²) in [7, 11) is 2.91. The number of halogens is 1. The van der Waals surface area contributed by atoms with Gasteiger partial charge in [-0.2, -0.15) is 0 Å². The Labute approximate surface area is 128 Å². The molecule has 0 fully saturated rings. The molecule has 0 amide bonds. The van der Waals surface area contributed by atoms with Gasteiger partial charge < -0.3 is 14.6 Å². The number of hydrogen-bond donors (Lipinski definition) is 1. The van der Waals surface area contributed by atoms with E-state index in [1.165, 1.54) is 26.4 Å². The predicted octanol–water partition coefficient (Wildman–Crippen LogP) is 3.44. The Morgan fingerprint density at radius 2 is 1.86 bits per heavy atom. The van der Waals surface area contributed by atoms with Crippen molar-refractivity contribution in [2.24, 2.45) is 0 Å². The lowest BCUT2D eigenvalue weighted by atomic mass is 9.96. The molecule has 0 radical (unpaired) electrons. The average molecular weight is 304 g/mol. The number of methoxy groups -OCH3 is 2. The van der Waals surface area contributed by atoms with E-state index in [0.717, 1.165) is 5.56 Å². The van der Waals surface area contributed by atoms with Gasteiger partial charge in [0.05, 0.1) is 14.2 Å². The molecular weight excluding hydrogens is 287 g/mol. The van der Waals surface area contributed by atoms with Crippen molar-refractivity contribution >= 4 is 5.97 Å². The van der Waals surface area contributed by atoms with Crippen LogP contribution in [0.3, 0.4) is 0 Å². The van der Waals surface area contributed by atoms with Crippen molar-refractivity contribution < 1.29 is 23.8 Å². The zero-order chi connectivity index (χ0) is 16.3. The Hall–Kier alpha value is -2.56. The molecule has 0 aromatic heterocycles. The highest BCUT2D eigenvalue weighted by Crippen LogP contribution is 2.28. The van der Waals surface area contributed by atoms with Crippen LogP contribution in [0.1, 0.15) is 27.0 Å². The Kier molecular flexibility index (Phi) is 4.65. The Balaban J connectivity index is 2.53. The van der Waals surface area contributed by atoms with Gasteiger partial charge in [0.15, 0.2) is 0 Å². The van der Waals surface area contributed by atoms with Gasteiger partial charge >= 0.3 is 5.97 Å². The van der Waals surface area contributed by atoms with Crippen molar-refractivity contribution in [2.75, 3.05) is 14.2 Å². The summed E-state index contributed by atoms with van der Waals surface area (Å²) < 4.78 is 24.2. The summed E-state index contributed by atoms with van der Waals surface area (Å²) in [5.41, 5.74) is 1.77. The molecule has 4 nitrogen and oxygen atoms in total. The van der Waals surface area contributed by atoms with Crippen molar-refractivity contribution in [1.82, 2.24) is 0 Å². The van der Waals surface area contributed by atoms with Crippen LogP contribution in [-0.2, 0) is 6.42 Å². The van der Waals surface area contributed by atoms with E-state index in [1.54, 1.807) is 18.2 Å². The summed E-state index contributed by atoms with van der Waals surface area (Å²) in [5.74, 6) is -0.716. The first-order valence-electron chi connectivity index (χ1n) is 6.69. The van der Waals surface area contributed by atoms with Crippen LogP contribution in [0.2, 0.25) is 0 Å². The molecular formula is C17H17FO4. The van der Waals surface area contributed by atoms with Gasteiger partial charge in [-0.05, 0) is 47.9 Å². The largest absolute Gasteiger partial charge is 0.497 e. The number of aromatic carboxylic acids is 1. The molecule has 0 saturated carbocycles. The van der Waals surface area contributed by atoms with Gasteiger partial charge in [0.2, 0.25) is 0 Å². The van der Waals surface area contributed by atoms with Crippen LogP contribution < -0.4 is 9.47 Å². The van der Waals surface area contributed by atoms with Gasteiger partial charge in [0.25, 0.3) is 0 Å². The SMILES string of the molecule is COc1ccc(F)c(Cc2cc(C)cc(OC)c2C(=O)O)c1. The molecule has 0 heterocycles. The minimum absolute atomic E-state index is 0.0512. The number of ether oxygens (including phenoxy) is 2. The summed E-state index contributed by atoms with van der Waals surface area (Å²) in [4.78, 5) is 11.5. The van der Waals surface area contributed by atoms with E-state index in [2.05, 4.69) is 0 Å². The summed E-state index contributed by atoms with van der Waals surface area (Å²) in [6.45, 7) is 1.83. The van der Waals surface area contributed by atoms with Crippen LogP contribution in [0.25, 0.3) is 0 Å². The average Bonchev–Trinajstić information content (AvgIpc) is 2.48. The van der Waals surface area contributed by atoms with Gasteiger partial charge in [-0.25, -0.2) is 9.18 Å². The van der Waals surface area contributed by atoms with E-state index in [-0.39, 0.29) is 17.7 Å². The third kappa shape index (κ3) is 3.19. The molecule has 1 N–H and O–H groups in total. The minimum Gasteiger partial charge on any atom is -0.497 e. The summed E-state index contributed by atoms with van der Waals surface area (Å²) in [6, 6.07) is 7.77. The van der Waals surface area contributed by atoms with E-state index < -0.39 is 11.8 Å². The number of carbonyl (C=O) groups is 1. The second-order valence-corrected chi connectivity index (χ2v) is 4.94. The maximum atomic E-state index is 14.0. The standard InChI is InChI=1S/C17H17FO4/c1-10-6-12(16(17(19)20)15(7-10)22-3)8-11-9-13(21-2)4-5-14(11)18/h4-7,9H,8H2,1-3H3,(H,19,20). The van der Waals surface area contributed by atoms with Gasteiger partial charge in [0.1, 0.15) is 22.9 Å². The Morgan fingerprint density at radius 1 is 1.14 bits per heavy atom. The Bertz CT molecular complexity index is 710. The van der Waals surface area contributed by atoms with Gasteiger partial charge in [0, 0.05) is 6.42 Å². The molecule has 5 heteroatoms. The predicted molar refractivity (Wildman–Crippen MR) is 80.4 cm³/mol. The minimum atomic E-state index is -1.10. The van der Waals surface area contributed by atoms with Crippen molar-refractivity contribution in [3.05, 3.63) is 58.4 Å². The van der Waals surface area contributed by atoms with Crippen molar-refractivity contribution in [3.8, 4) is 11.5 Å². The first-order chi connectivity index (χ1) is 10.5. The first-order valence-corrected chi connectivity index (χ1v) is 6.69. The lowest BCUT2D eigenvalue weighted by Crippen LogP contribution is -2.07. The van der Waals surface area contributed by atoms with Crippen LogP contribution in [0.4, 0.5) is 4.39 Å². The highest BCUT2D eigenvalue weighted by Gasteiger charge is 2.18. The van der Waals surface area contributed by atoms with E-state index in [9.17, 15) is 14.3 Å². The molecule has 2 aromatic carbocycles. The van der Waals surface area contributed by atoms with E-state index in [0.29, 0.717) is 16.9 Å². The van der Waals surface area contributed by atoms with Crippen molar-refractivity contribution in [2.45, 2.75) is 13.3 Å². The first kappa shape index (κ1) is 15.8. The number of rotatable bonds is 5. The lowest BCUT2D eigenvalue weighted by Gasteiger charge is -2.13. The summed E-state index contributed by atoms with van der Waals surface area (Å²) >= 11 is 0. The van der Waals surface area contributed by atoms with Crippen molar-refractivity contribution in [3.63, 3.8) is 0 Å². The number of carboxylic acid groups (broad SMARTS) is 1. The summed E-state index contributed by atoms with van der Waals surface area (Å²) in [6.07, 6.45) is 0.142. The van der Waals surface area contributed by atoms with Gasteiger partial charge in [-0.15, -0.1) is 0 Å². The number of benzene rings is 2. The molecule has 0 aliphatic carbocycles. The number of aryl methyl sites for hydroxylation is 1. The smallest absolute Gasteiger partial charge is 0.339 e. The van der Waals surface area contributed by atoms with Crippen LogP contribution >= 0.6 is 0 Å². The van der Waals surface area contributed by atoms with Crippen LogP contribution in [-0.4, -0.2) is 25.3 Å². The second kappa shape index (κ2) is 6.47.